The average molecular weight is 273 g/mol. The van der Waals surface area contributed by atoms with Crippen LogP contribution < -0.4 is 5.56 Å². The van der Waals surface area contributed by atoms with Crippen molar-refractivity contribution in [3.05, 3.63) is 52.2 Å². The van der Waals surface area contributed by atoms with E-state index in [1.807, 2.05) is 30.3 Å². The molecule has 6 heteroatoms. The van der Waals surface area contributed by atoms with Gasteiger partial charge in [-0.25, -0.2) is 9.97 Å². The van der Waals surface area contributed by atoms with Crippen LogP contribution in [0.3, 0.4) is 0 Å². The topological polar surface area (TPSA) is 60.7 Å². The van der Waals surface area contributed by atoms with E-state index in [-0.39, 0.29) is 10.8 Å². The summed E-state index contributed by atoms with van der Waals surface area (Å²) in [5.41, 5.74) is 1.88. The molecule has 94 valence electrons. The molecule has 0 bridgehead atoms. The van der Waals surface area contributed by atoms with Crippen LogP contribution in [-0.4, -0.2) is 19.5 Å². The van der Waals surface area contributed by atoms with Crippen LogP contribution in [0.1, 0.15) is 0 Å². The Labute approximate surface area is 113 Å². The minimum absolute atomic E-state index is 0.0942. The van der Waals surface area contributed by atoms with Crippen LogP contribution in [0.15, 0.2) is 41.3 Å². The molecule has 3 rings (SSSR count). The van der Waals surface area contributed by atoms with Gasteiger partial charge in [0, 0.05) is 12.6 Å². The molecule has 0 spiro atoms. The lowest BCUT2D eigenvalue weighted by atomic mass is 10.1. The van der Waals surface area contributed by atoms with Crippen LogP contribution in [0.25, 0.3) is 22.4 Å². The van der Waals surface area contributed by atoms with E-state index in [1.54, 1.807) is 7.05 Å². The van der Waals surface area contributed by atoms with Gasteiger partial charge in [-0.1, -0.05) is 30.3 Å². The second-order valence-corrected chi connectivity index (χ2v) is 4.38. The molecule has 0 unspecified atom stereocenters. The Morgan fingerprint density at radius 2 is 1.89 bits per heavy atom. The minimum Gasteiger partial charge on any atom is -0.293 e. The van der Waals surface area contributed by atoms with E-state index in [2.05, 4.69) is 15.0 Å². The van der Waals surface area contributed by atoms with Crippen molar-refractivity contribution in [3.8, 4) is 11.3 Å². The number of benzene rings is 1. The average Bonchev–Trinajstić information content (AvgIpc) is 2.44. The molecular weight excluding hydrogens is 264 g/mol. The largest absolute Gasteiger partial charge is 0.293 e. The molecule has 0 radical (unpaired) electrons. The molecule has 0 saturated heterocycles. The normalized spacial score (nSPS) is 10.8. The Hall–Kier alpha value is -2.27. The second-order valence-electron chi connectivity index (χ2n) is 4.04. The summed E-state index contributed by atoms with van der Waals surface area (Å²) >= 11 is 5.73. The van der Waals surface area contributed by atoms with Gasteiger partial charge in [0.15, 0.2) is 5.65 Å². The third-order valence-electron chi connectivity index (χ3n) is 2.83. The second kappa shape index (κ2) is 4.44. The Kier molecular flexibility index (Phi) is 2.76. The van der Waals surface area contributed by atoms with Crippen molar-refractivity contribution in [1.82, 2.24) is 19.5 Å². The van der Waals surface area contributed by atoms with Crippen molar-refractivity contribution >= 4 is 22.8 Å². The molecular formula is C13H9ClN4O. The molecule has 0 amide bonds. The lowest BCUT2D eigenvalue weighted by Gasteiger charge is -2.06. The number of nitrogens with zero attached hydrogens (tertiary/aromatic N) is 4. The van der Waals surface area contributed by atoms with E-state index in [0.29, 0.717) is 16.9 Å². The van der Waals surface area contributed by atoms with Gasteiger partial charge in [0.25, 0.3) is 5.56 Å². The van der Waals surface area contributed by atoms with Gasteiger partial charge in [0.1, 0.15) is 11.2 Å². The van der Waals surface area contributed by atoms with Crippen molar-refractivity contribution in [1.29, 1.82) is 0 Å². The van der Waals surface area contributed by atoms with Crippen LogP contribution in [0.4, 0.5) is 0 Å². The van der Waals surface area contributed by atoms with Gasteiger partial charge in [-0.3, -0.25) is 9.36 Å². The zero-order valence-electron chi connectivity index (χ0n) is 10.0. The fourth-order valence-corrected chi connectivity index (χ4v) is 2.01. The molecule has 1 aromatic carbocycles. The predicted octanol–water partition coefficient (Wildman–Crippen LogP) is 2.04. The van der Waals surface area contributed by atoms with Gasteiger partial charge in [-0.15, -0.1) is 0 Å². The maximum absolute atomic E-state index is 12.3. The third-order valence-corrected chi connectivity index (χ3v) is 3.01. The molecule has 0 aliphatic heterocycles. The van der Waals surface area contributed by atoms with Gasteiger partial charge in [0.05, 0.1) is 6.20 Å². The van der Waals surface area contributed by atoms with Gasteiger partial charge in [0.2, 0.25) is 5.28 Å². The van der Waals surface area contributed by atoms with Gasteiger partial charge in [-0.2, -0.15) is 4.98 Å². The monoisotopic (exact) mass is 272 g/mol. The Balaban J connectivity index is 2.37. The van der Waals surface area contributed by atoms with Crippen LogP contribution in [0.5, 0.6) is 0 Å². The summed E-state index contributed by atoms with van der Waals surface area (Å²) in [6, 6.07) is 9.29. The molecule has 19 heavy (non-hydrogen) atoms. The van der Waals surface area contributed by atoms with E-state index >= 15 is 0 Å². The van der Waals surface area contributed by atoms with Gasteiger partial charge >= 0.3 is 0 Å². The van der Waals surface area contributed by atoms with Crippen LogP contribution in [0.2, 0.25) is 5.28 Å². The number of hydrogen-bond donors (Lipinski definition) is 0. The van der Waals surface area contributed by atoms with Gasteiger partial charge in [-0.05, 0) is 11.6 Å². The summed E-state index contributed by atoms with van der Waals surface area (Å²) in [5.74, 6) is 0. The number of fused-ring (bicyclic) bond motifs is 1. The molecule has 3 aromatic rings. The first-order valence-corrected chi connectivity index (χ1v) is 5.99. The SMILES string of the molecule is Cn1c(=O)c(-c2ccccc2)nc2cnc(Cl)nc21. The van der Waals surface area contributed by atoms with Crippen LogP contribution in [0, 0.1) is 0 Å². The minimum atomic E-state index is -0.214. The Morgan fingerprint density at radius 1 is 1.16 bits per heavy atom. The first-order chi connectivity index (χ1) is 9.16. The fraction of sp³-hybridized carbons (Fsp3) is 0.0769. The van der Waals surface area contributed by atoms with Crippen molar-refractivity contribution < 1.29 is 0 Å². The zero-order chi connectivity index (χ0) is 13.4. The van der Waals surface area contributed by atoms with E-state index in [4.69, 9.17) is 11.6 Å². The highest BCUT2D eigenvalue weighted by molar-refractivity contribution is 6.28. The smallest absolute Gasteiger partial charge is 0.278 e. The molecule has 0 saturated carbocycles. The Bertz CT molecular complexity index is 814. The molecule has 0 fully saturated rings. The summed E-state index contributed by atoms with van der Waals surface area (Å²) in [6.07, 6.45) is 1.51. The number of rotatable bonds is 1. The first-order valence-electron chi connectivity index (χ1n) is 5.61. The zero-order valence-corrected chi connectivity index (χ0v) is 10.8. The van der Waals surface area contributed by atoms with E-state index in [0.717, 1.165) is 5.56 Å². The maximum Gasteiger partial charge on any atom is 0.278 e. The molecule has 0 aliphatic rings. The van der Waals surface area contributed by atoms with Gasteiger partial charge < -0.3 is 0 Å². The van der Waals surface area contributed by atoms with Crippen molar-refractivity contribution in [2.24, 2.45) is 7.05 Å². The van der Waals surface area contributed by atoms with E-state index < -0.39 is 0 Å². The molecule has 0 aliphatic carbocycles. The van der Waals surface area contributed by atoms with Crippen LogP contribution in [-0.2, 0) is 7.05 Å². The van der Waals surface area contributed by atoms with Crippen molar-refractivity contribution in [3.63, 3.8) is 0 Å². The molecule has 2 aromatic heterocycles. The highest BCUT2D eigenvalue weighted by Gasteiger charge is 2.11. The number of hydrogen-bond acceptors (Lipinski definition) is 4. The molecule has 0 atom stereocenters. The molecule has 0 N–H and O–H groups in total. The summed E-state index contributed by atoms with van der Waals surface area (Å²) in [4.78, 5) is 24.5. The highest BCUT2D eigenvalue weighted by Crippen LogP contribution is 2.16. The van der Waals surface area contributed by atoms with Crippen molar-refractivity contribution in [2.75, 3.05) is 0 Å². The highest BCUT2D eigenvalue weighted by atomic mass is 35.5. The summed E-state index contributed by atoms with van der Waals surface area (Å²) < 4.78 is 1.43. The van der Waals surface area contributed by atoms with Crippen LogP contribution >= 0.6 is 11.6 Å². The quantitative estimate of drug-likeness (QED) is 0.636. The number of halogens is 1. The molecule has 5 nitrogen and oxygen atoms in total. The standard InChI is InChI=1S/C13H9ClN4O/c1-18-11-9(7-15-13(14)17-11)16-10(12(18)19)8-5-3-2-4-6-8/h2-7H,1H3. The van der Waals surface area contributed by atoms with Crippen molar-refractivity contribution in [2.45, 2.75) is 0 Å². The summed E-state index contributed by atoms with van der Waals surface area (Å²) in [6.45, 7) is 0. The predicted molar refractivity (Wildman–Crippen MR) is 73.0 cm³/mol. The lowest BCUT2D eigenvalue weighted by molar-refractivity contribution is 0.872. The number of aryl methyl sites for hydroxylation is 1. The van der Waals surface area contributed by atoms with E-state index in [1.165, 1.54) is 10.8 Å². The summed E-state index contributed by atoms with van der Waals surface area (Å²) in [5, 5.41) is 0.0942. The fourth-order valence-electron chi connectivity index (χ4n) is 1.88. The first kappa shape index (κ1) is 11.8. The maximum atomic E-state index is 12.3. The number of aromatic nitrogens is 4. The third kappa shape index (κ3) is 1.98. The van der Waals surface area contributed by atoms with E-state index in [9.17, 15) is 4.79 Å². The lowest BCUT2D eigenvalue weighted by Crippen LogP contribution is -2.21. The summed E-state index contributed by atoms with van der Waals surface area (Å²) in [7, 11) is 1.64. The Morgan fingerprint density at radius 3 is 2.63 bits per heavy atom. The molecule has 2 heterocycles.